The molecular weight excluding hydrogens is 226 g/mol. The molecular formula is C10H11N3O2S. The van der Waals surface area contributed by atoms with Gasteiger partial charge in [-0.1, -0.05) is 0 Å². The molecule has 0 aliphatic rings. The van der Waals surface area contributed by atoms with Gasteiger partial charge in [-0.15, -0.1) is 11.3 Å². The number of aliphatic carboxylic acids is 1. The van der Waals surface area contributed by atoms with Gasteiger partial charge in [0.2, 0.25) is 0 Å². The first-order chi connectivity index (χ1) is 7.66. The van der Waals surface area contributed by atoms with Crippen LogP contribution in [0.3, 0.4) is 0 Å². The number of anilines is 1. The van der Waals surface area contributed by atoms with Crippen molar-refractivity contribution < 1.29 is 9.90 Å². The predicted octanol–water partition coefficient (Wildman–Crippen LogP) is 1.97. The van der Waals surface area contributed by atoms with Crippen LogP contribution in [-0.4, -0.2) is 27.1 Å². The van der Waals surface area contributed by atoms with Crippen molar-refractivity contribution in [3.8, 4) is 0 Å². The van der Waals surface area contributed by atoms with E-state index in [-0.39, 0.29) is 12.5 Å². The summed E-state index contributed by atoms with van der Waals surface area (Å²) in [7, 11) is 0. The van der Waals surface area contributed by atoms with Gasteiger partial charge in [0.05, 0.1) is 16.6 Å². The Hall–Kier alpha value is -1.69. The fraction of sp³-hybridized carbons (Fsp3) is 0.300. The zero-order valence-corrected chi connectivity index (χ0v) is 9.49. The van der Waals surface area contributed by atoms with Gasteiger partial charge in [0.15, 0.2) is 0 Å². The van der Waals surface area contributed by atoms with Gasteiger partial charge >= 0.3 is 5.97 Å². The largest absolute Gasteiger partial charge is 0.481 e. The van der Waals surface area contributed by atoms with Gasteiger partial charge in [-0.3, -0.25) is 4.79 Å². The first-order valence-corrected chi connectivity index (χ1v) is 5.71. The first kappa shape index (κ1) is 10.8. The molecule has 0 fully saturated rings. The quantitative estimate of drug-likeness (QED) is 0.850. The Kier molecular flexibility index (Phi) is 3.00. The lowest BCUT2D eigenvalue weighted by atomic mass is 10.2. The van der Waals surface area contributed by atoms with E-state index < -0.39 is 5.97 Å². The number of rotatable bonds is 4. The van der Waals surface area contributed by atoms with E-state index in [1.165, 1.54) is 17.7 Å². The summed E-state index contributed by atoms with van der Waals surface area (Å²) >= 11 is 1.54. The predicted molar refractivity (Wildman–Crippen MR) is 62.8 cm³/mol. The molecule has 0 bridgehead atoms. The summed E-state index contributed by atoms with van der Waals surface area (Å²) in [6, 6.07) is 1.76. The molecule has 1 atom stereocenters. The highest BCUT2D eigenvalue weighted by Crippen LogP contribution is 2.25. The third kappa shape index (κ3) is 2.27. The number of aromatic nitrogens is 2. The van der Waals surface area contributed by atoms with Crippen molar-refractivity contribution in [3.05, 3.63) is 17.8 Å². The second kappa shape index (κ2) is 4.44. The van der Waals surface area contributed by atoms with Crippen molar-refractivity contribution in [1.29, 1.82) is 0 Å². The highest BCUT2D eigenvalue weighted by Gasteiger charge is 2.10. The molecule has 16 heavy (non-hydrogen) atoms. The topological polar surface area (TPSA) is 75.1 Å². The van der Waals surface area contributed by atoms with E-state index in [2.05, 4.69) is 15.3 Å². The number of carbonyl (C=O) groups is 1. The summed E-state index contributed by atoms with van der Waals surface area (Å²) in [6.45, 7) is 1.82. The number of hydrogen-bond donors (Lipinski definition) is 2. The summed E-state index contributed by atoms with van der Waals surface area (Å²) in [6.07, 6.45) is 1.54. The summed E-state index contributed by atoms with van der Waals surface area (Å²) in [5.74, 6) is -0.120. The van der Waals surface area contributed by atoms with Crippen molar-refractivity contribution in [1.82, 2.24) is 9.97 Å². The molecule has 0 spiro atoms. The fourth-order valence-electron chi connectivity index (χ4n) is 1.44. The molecule has 6 heteroatoms. The average Bonchev–Trinajstić information content (AvgIpc) is 2.65. The molecule has 2 N–H and O–H groups in total. The zero-order valence-electron chi connectivity index (χ0n) is 8.67. The van der Waals surface area contributed by atoms with Crippen molar-refractivity contribution in [2.75, 3.05) is 5.32 Å². The van der Waals surface area contributed by atoms with Crippen molar-refractivity contribution in [2.24, 2.45) is 0 Å². The SMILES string of the molecule is CC(CC(=O)O)Nc1ncnc2ccsc12. The smallest absolute Gasteiger partial charge is 0.305 e. The molecule has 0 aliphatic carbocycles. The van der Waals surface area contributed by atoms with Gasteiger partial charge < -0.3 is 10.4 Å². The minimum Gasteiger partial charge on any atom is -0.481 e. The maximum Gasteiger partial charge on any atom is 0.305 e. The molecule has 0 aromatic carbocycles. The number of thiophene rings is 1. The molecule has 5 nitrogen and oxygen atoms in total. The van der Waals surface area contributed by atoms with Crippen LogP contribution in [0.2, 0.25) is 0 Å². The van der Waals surface area contributed by atoms with E-state index >= 15 is 0 Å². The zero-order chi connectivity index (χ0) is 11.5. The second-order valence-corrected chi connectivity index (χ2v) is 4.42. The lowest BCUT2D eigenvalue weighted by Gasteiger charge is -2.12. The van der Waals surface area contributed by atoms with Crippen LogP contribution in [-0.2, 0) is 4.79 Å². The Labute approximate surface area is 96.2 Å². The first-order valence-electron chi connectivity index (χ1n) is 4.83. The van der Waals surface area contributed by atoms with Crippen LogP contribution < -0.4 is 5.32 Å². The van der Waals surface area contributed by atoms with Crippen LogP contribution in [0.15, 0.2) is 17.8 Å². The lowest BCUT2D eigenvalue weighted by molar-refractivity contribution is -0.137. The van der Waals surface area contributed by atoms with Crippen LogP contribution in [0.1, 0.15) is 13.3 Å². The van der Waals surface area contributed by atoms with Crippen LogP contribution >= 0.6 is 11.3 Å². The molecule has 2 rings (SSSR count). The minimum atomic E-state index is -0.823. The number of carboxylic acids is 1. The molecule has 0 aliphatic heterocycles. The molecule has 0 radical (unpaired) electrons. The Balaban J connectivity index is 2.20. The number of nitrogens with one attached hydrogen (secondary N) is 1. The number of carboxylic acid groups (broad SMARTS) is 1. The number of hydrogen-bond acceptors (Lipinski definition) is 5. The Morgan fingerprint density at radius 2 is 2.44 bits per heavy atom. The molecule has 0 saturated carbocycles. The van der Waals surface area contributed by atoms with E-state index in [0.29, 0.717) is 5.82 Å². The Morgan fingerprint density at radius 3 is 3.19 bits per heavy atom. The molecule has 84 valence electrons. The van der Waals surface area contributed by atoms with Gasteiger partial charge in [0, 0.05) is 6.04 Å². The van der Waals surface area contributed by atoms with E-state index in [1.807, 2.05) is 18.4 Å². The summed E-state index contributed by atoms with van der Waals surface area (Å²) < 4.78 is 0.958. The monoisotopic (exact) mass is 237 g/mol. The Morgan fingerprint density at radius 1 is 1.62 bits per heavy atom. The second-order valence-electron chi connectivity index (χ2n) is 3.50. The van der Waals surface area contributed by atoms with Crippen LogP contribution in [0.25, 0.3) is 10.2 Å². The number of nitrogens with zero attached hydrogens (tertiary/aromatic N) is 2. The van der Waals surface area contributed by atoms with Gasteiger partial charge in [-0.2, -0.15) is 0 Å². The van der Waals surface area contributed by atoms with Crippen molar-refractivity contribution in [2.45, 2.75) is 19.4 Å². The van der Waals surface area contributed by atoms with Gasteiger partial charge in [0.25, 0.3) is 0 Å². The van der Waals surface area contributed by atoms with Gasteiger partial charge in [-0.25, -0.2) is 9.97 Å². The molecule has 0 saturated heterocycles. The van der Waals surface area contributed by atoms with Crippen LogP contribution in [0.5, 0.6) is 0 Å². The van der Waals surface area contributed by atoms with E-state index in [4.69, 9.17) is 5.11 Å². The molecule has 2 aromatic heterocycles. The van der Waals surface area contributed by atoms with Crippen molar-refractivity contribution >= 4 is 33.3 Å². The summed E-state index contributed by atoms with van der Waals surface area (Å²) in [4.78, 5) is 18.8. The maximum atomic E-state index is 10.5. The average molecular weight is 237 g/mol. The molecule has 2 aromatic rings. The minimum absolute atomic E-state index is 0.0663. The van der Waals surface area contributed by atoms with Gasteiger partial charge in [-0.05, 0) is 18.4 Å². The highest BCUT2D eigenvalue weighted by atomic mass is 32.1. The fourth-order valence-corrected chi connectivity index (χ4v) is 2.24. The normalized spacial score (nSPS) is 12.6. The number of fused-ring (bicyclic) bond motifs is 1. The highest BCUT2D eigenvalue weighted by molar-refractivity contribution is 7.17. The summed E-state index contributed by atoms with van der Waals surface area (Å²) in [5.41, 5.74) is 0.880. The maximum absolute atomic E-state index is 10.5. The lowest BCUT2D eigenvalue weighted by Crippen LogP contribution is -2.19. The van der Waals surface area contributed by atoms with E-state index in [1.54, 1.807) is 0 Å². The van der Waals surface area contributed by atoms with Crippen LogP contribution in [0.4, 0.5) is 5.82 Å². The molecule has 2 heterocycles. The Bertz CT molecular complexity index is 511. The summed E-state index contributed by atoms with van der Waals surface area (Å²) in [5, 5.41) is 13.7. The van der Waals surface area contributed by atoms with Crippen LogP contribution in [0, 0.1) is 0 Å². The van der Waals surface area contributed by atoms with E-state index in [9.17, 15) is 4.79 Å². The van der Waals surface area contributed by atoms with Crippen molar-refractivity contribution in [3.63, 3.8) is 0 Å². The standard InChI is InChI=1S/C10H11N3O2S/c1-6(4-8(14)15)13-10-9-7(2-3-16-9)11-5-12-10/h2-3,5-6H,4H2,1H3,(H,14,15)(H,11,12,13). The van der Waals surface area contributed by atoms with Gasteiger partial charge in [0.1, 0.15) is 12.1 Å². The van der Waals surface area contributed by atoms with E-state index in [0.717, 1.165) is 10.2 Å². The molecule has 0 amide bonds. The third-order valence-electron chi connectivity index (χ3n) is 2.11. The molecule has 1 unspecified atom stereocenters. The third-order valence-corrected chi connectivity index (χ3v) is 3.02.